The number of ketones is 1. The lowest BCUT2D eigenvalue weighted by Crippen LogP contribution is -2.50. The first-order valence-electron chi connectivity index (χ1n) is 8.55. The zero-order chi connectivity index (χ0) is 19.6. The molecule has 0 radical (unpaired) electrons. The monoisotopic (exact) mass is 387 g/mol. The Hall–Kier alpha value is -2.71. The minimum atomic E-state index is -3.67. The van der Waals surface area contributed by atoms with Gasteiger partial charge in [-0.2, -0.15) is 4.31 Å². The third-order valence-corrected chi connectivity index (χ3v) is 6.53. The fraction of sp³-hybridized carbons (Fsp3) is 0.263. The highest BCUT2D eigenvalue weighted by Gasteiger charge is 2.30. The molecule has 1 aliphatic rings. The van der Waals surface area contributed by atoms with Crippen molar-refractivity contribution in [3.63, 3.8) is 0 Å². The lowest BCUT2D eigenvalue weighted by atomic mass is 10.1. The summed E-state index contributed by atoms with van der Waals surface area (Å²) in [6.07, 6.45) is 0. The molecule has 0 spiro atoms. The van der Waals surface area contributed by atoms with Crippen LogP contribution in [-0.2, 0) is 10.0 Å². The van der Waals surface area contributed by atoms with Gasteiger partial charge in [0.1, 0.15) is 0 Å². The molecular formula is C19H21N3O4S. The van der Waals surface area contributed by atoms with E-state index in [1.165, 1.54) is 35.5 Å². The highest BCUT2D eigenvalue weighted by molar-refractivity contribution is 7.89. The van der Waals surface area contributed by atoms with Gasteiger partial charge in [-0.05, 0) is 31.2 Å². The number of para-hydroxylation sites is 1. The first kappa shape index (κ1) is 19.1. The number of carbonyl (C=O) groups excluding carboxylic acids is 2. The number of amides is 1. The number of nitrogens with zero attached hydrogens (tertiary/aromatic N) is 2. The summed E-state index contributed by atoms with van der Waals surface area (Å²) in [6, 6.07) is 12.7. The zero-order valence-electron chi connectivity index (χ0n) is 15.0. The van der Waals surface area contributed by atoms with Crippen molar-refractivity contribution in [2.24, 2.45) is 0 Å². The van der Waals surface area contributed by atoms with Crippen LogP contribution in [0.5, 0.6) is 0 Å². The molecule has 0 unspecified atom stereocenters. The molecule has 0 aromatic heterocycles. The summed E-state index contributed by atoms with van der Waals surface area (Å²) < 4.78 is 26.9. The minimum Gasteiger partial charge on any atom is -0.398 e. The molecule has 7 nitrogen and oxygen atoms in total. The van der Waals surface area contributed by atoms with Crippen LogP contribution in [0.15, 0.2) is 53.4 Å². The Morgan fingerprint density at radius 1 is 0.926 bits per heavy atom. The molecule has 142 valence electrons. The quantitative estimate of drug-likeness (QED) is 0.635. The summed E-state index contributed by atoms with van der Waals surface area (Å²) in [4.78, 5) is 25.7. The average Bonchev–Trinajstić information content (AvgIpc) is 2.68. The van der Waals surface area contributed by atoms with Crippen LogP contribution in [0.1, 0.15) is 27.6 Å². The third kappa shape index (κ3) is 3.86. The maximum atomic E-state index is 12.8. The van der Waals surface area contributed by atoms with Gasteiger partial charge in [0.25, 0.3) is 5.91 Å². The molecule has 0 aliphatic carbocycles. The largest absolute Gasteiger partial charge is 0.398 e. The summed E-state index contributed by atoms with van der Waals surface area (Å²) in [5, 5.41) is 0. The number of carbonyl (C=O) groups is 2. The zero-order valence-corrected chi connectivity index (χ0v) is 15.8. The van der Waals surface area contributed by atoms with E-state index in [9.17, 15) is 18.0 Å². The molecule has 2 aromatic rings. The van der Waals surface area contributed by atoms with Gasteiger partial charge in [-0.3, -0.25) is 9.59 Å². The predicted molar refractivity (Wildman–Crippen MR) is 102 cm³/mol. The van der Waals surface area contributed by atoms with Crippen molar-refractivity contribution in [2.45, 2.75) is 11.8 Å². The molecule has 1 aliphatic heterocycles. The van der Waals surface area contributed by atoms with Crippen LogP contribution in [0.3, 0.4) is 0 Å². The molecule has 1 fully saturated rings. The Bertz CT molecular complexity index is 963. The number of rotatable bonds is 4. The molecule has 0 atom stereocenters. The fourth-order valence-corrected chi connectivity index (χ4v) is 4.43. The van der Waals surface area contributed by atoms with E-state index >= 15 is 0 Å². The van der Waals surface area contributed by atoms with E-state index in [1.807, 2.05) is 0 Å². The van der Waals surface area contributed by atoms with Gasteiger partial charge >= 0.3 is 0 Å². The van der Waals surface area contributed by atoms with E-state index in [0.717, 1.165) is 0 Å². The number of hydrogen-bond acceptors (Lipinski definition) is 5. The fourth-order valence-electron chi connectivity index (χ4n) is 3.00. The first-order chi connectivity index (χ1) is 12.8. The van der Waals surface area contributed by atoms with Crippen LogP contribution in [0, 0.1) is 0 Å². The summed E-state index contributed by atoms with van der Waals surface area (Å²) in [5.74, 6) is -0.317. The van der Waals surface area contributed by atoms with E-state index in [-0.39, 0.29) is 42.8 Å². The number of nitrogens with two attached hydrogens (primary N) is 1. The molecule has 2 N–H and O–H groups in total. The molecular weight excluding hydrogens is 366 g/mol. The molecule has 1 amide bonds. The number of sulfonamides is 1. The number of piperazine rings is 1. The standard InChI is InChI=1S/C19H21N3O4S/c1-14(23)15-6-8-16(9-7-15)27(25,26)22-12-10-21(11-13-22)19(24)17-4-2-3-5-18(17)20/h2-9H,10-13,20H2,1H3. The molecule has 2 aromatic carbocycles. The Morgan fingerprint density at radius 3 is 2.07 bits per heavy atom. The Morgan fingerprint density at radius 2 is 1.52 bits per heavy atom. The summed E-state index contributed by atoms with van der Waals surface area (Å²) >= 11 is 0. The number of nitrogen functional groups attached to an aromatic ring is 1. The SMILES string of the molecule is CC(=O)c1ccc(S(=O)(=O)N2CCN(C(=O)c3ccccc3N)CC2)cc1. The summed E-state index contributed by atoms with van der Waals surface area (Å²) in [7, 11) is -3.67. The van der Waals surface area contributed by atoms with Gasteiger partial charge in [-0.25, -0.2) is 8.42 Å². The van der Waals surface area contributed by atoms with Crippen molar-refractivity contribution >= 4 is 27.4 Å². The van der Waals surface area contributed by atoms with E-state index < -0.39 is 10.0 Å². The maximum absolute atomic E-state index is 12.8. The highest BCUT2D eigenvalue weighted by Crippen LogP contribution is 2.20. The molecule has 1 saturated heterocycles. The van der Waals surface area contributed by atoms with Gasteiger partial charge in [0.2, 0.25) is 10.0 Å². The van der Waals surface area contributed by atoms with Crippen molar-refractivity contribution in [3.8, 4) is 0 Å². The second-order valence-corrected chi connectivity index (χ2v) is 8.30. The van der Waals surface area contributed by atoms with Gasteiger partial charge < -0.3 is 10.6 Å². The van der Waals surface area contributed by atoms with Crippen LogP contribution in [0.25, 0.3) is 0 Å². The van der Waals surface area contributed by atoms with Crippen LogP contribution in [-0.4, -0.2) is 55.5 Å². The summed E-state index contributed by atoms with van der Waals surface area (Å²) in [6.45, 7) is 2.42. The van der Waals surface area contributed by atoms with Crippen molar-refractivity contribution in [3.05, 3.63) is 59.7 Å². The van der Waals surface area contributed by atoms with Gasteiger partial charge in [0.15, 0.2) is 5.78 Å². The van der Waals surface area contributed by atoms with Crippen molar-refractivity contribution in [1.82, 2.24) is 9.21 Å². The Kier molecular flexibility index (Phi) is 5.29. The number of hydrogen-bond donors (Lipinski definition) is 1. The normalized spacial score (nSPS) is 15.5. The topological polar surface area (TPSA) is 101 Å². The van der Waals surface area contributed by atoms with E-state index in [4.69, 9.17) is 5.73 Å². The Labute approximate surface area is 158 Å². The molecule has 27 heavy (non-hydrogen) atoms. The van der Waals surface area contributed by atoms with Gasteiger partial charge in [-0.1, -0.05) is 24.3 Å². The predicted octanol–water partition coefficient (Wildman–Crippen LogP) is 1.62. The van der Waals surface area contributed by atoms with Crippen LogP contribution in [0.4, 0.5) is 5.69 Å². The molecule has 1 heterocycles. The van der Waals surface area contributed by atoms with Gasteiger partial charge in [-0.15, -0.1) is 0 Å². The van der Waals surface area contributed by atoms with Crippen LogP contribution >= 0.6 is 0 Å². The molecule has 0 bridgehead atoms. The van der Waals surface area contributed by atoms with Gasteiger partial charge in [0.05, 0.1) is 10.5 Å². The molecule has 3 rings (SSSR count). The number of anilines is 1. The maximum Gasteiger partial charge on any atom is 0.256 e. The minimum absolute atomic E-state index is 0.119. The van der Waals surface area contributed by atoms with Gasteiger partial charge in [0, 0.05) is 37.4 Å². The average molecular weight is 387 g/mol. The smallest absolute Gasteiger partial charge is 0.256 e. The lowest BCUT2D eigenvalue weighted by molar-refractivity contribution is 0.0699. The molecule has 0 saturated carbocycles. The second kappa shape index (κ2) is 7.50. The van der Waals surface area contributed by atoms with Crippen LogP contribution in [0.2, 0.25) is 0 Å². The number of benzene rings is 2. The van der Waals surface area contributed by atoms with Crippen molar-refractivity contribution < 1.29 is 18.0 Å². The highest BCUT2D eigenvalue weighted by atomic mass is 32.2. The molecule has 8 heteroatoms. The van der Waals surface area contributed by atoms with Crippen LogP contribution < -0.4 is 5.73 Å². The van der Waals surface area contributed by atoms with Crippen molar-refractivity contribution in [1.29, 1.82) is 0 Å². The number of Topliss-reactive ketones (excluding diaryl/α,β-unsaturated/α-hetero) is 1. The summed E-state index contributed by atoms with van der Waals surface area (Å²) in [5.41, 5.74) is 7.15. The van der Waals surface area contributed by atoms with E-state index in [2.05, 4.69) is 0 Å². The van der Waals surface area contributed by atoms with Crippen molar-refractivity contribution in [2.75, 3.05) is 31.9 Å². The Balaban J connectivity index is 1.70. The second-order valence-electron chi connectivity index (χ2n) is 6.36. The third-order valence-electron chi connectivity index (χ3n) is 4.62. The first-order valence-corrected chi connectivity index (χ1v) is 9.99. The van der Waals surface area contributed by atoms with E-state index in [1.54, 1.807) is 29.2 Å². The van der Waals surface area contributed by atoms with E-state index in [0.29, 0.717) is 16.8 Å². The lowest BCUT2D eigenvalue weighted by Gasteiger charge is -2.34.